The molecule has 1 atom stereocenters. The lowest BCUT2D eigenvalue weighted by Gasteiger charge is -2.29. The van der Waals surface area contributed by atoms with E-state index < -0.39 is 6.04 Å². The molecule has 0 spiro atoms. The van der Waals surface area contributed by atoms with Crippen molar-refractivity contribution in [1.82, 2.24) is 9.47 Å². The molecule has 8 heteroatoms. The van der Waals surface area contributed by atoms with Gasteiger partial charge in [0.15, 0.2) is 4.80 Å². The predicted molar refractivity (Wildman–Crippen MR) is 133 cm³/mol. The van der Waals surface area contributed by atoms with Gasteiger partial charge >= 0.3 is 0 Å². The lowest BCUT2D eigenvalue weighted by Crippen LogP contribution is -2.43. The number of hydrogen-bond donors (Lipinski definition) is 1. The molecule has 1 aromatic heterocycles. The molecule has 0 radical (unpaired) electrons. The van der Waals surface area contributed by atoms with Crippen molar-refractivity contribution in [3.05, 3.63) is 90.6 Å². The number of carbonyl (C=O) groups excluding carboxylic acids is 1. The van der Waals surface area contributed by atoms with Crippen LogP contribution in [0.15, 0.2) is 69.6 Å². The maximum atomic E-state index is 13.7. The molecular formula is C26H27N3O4S. The van der Waals surface area contributed by atoms with Gasteiger partial charge in [-0.25, -0.2) is 4.99 Å². The van der Waals surface area contributed by atoms with Crippen LogP contribution in [0.2, 0.25) is 0 Å². The molecule has 0 saturated carbocycles. The molecule has 1 aliphatic heterocycles. The lowest BCUT2D eigenvalue weighted by molar-refractivity contribution is -0.127. The number of rotatable bonds is 6. The number of fused-ring (bicyclic) bond motifs is 1. The van der Waals surface area contributed by atoms with E-state index in [9.17, 15) is 14.7 Å². The van der Waals surface area contributed by atoms with E-state index in [1.807, 2.05) is 51.1 Å². The Labute approximate surface area is 201 Å². The molecule has 0 unspecified atom stereocenters. The number of benzene rings is 2. The van der Waals surface area contributed by atoms with E-state index in [-0.39, 0.29) is 17.2 Å². The van der Waals surface area contributed by atoms with Gasteiger partial charge in [0.25, 0.3) is 11.5 Å². The highest BCUT2D eigenvalue weighted by Gasteiger charge is 2.35. The number of aromatic hydroxyl groups is 1. The Hall–Kier alpha value is -3.65. The van der Waals surface area contributed by atoms with E-state index in [2.05, 4.69) is 4.99 Å². The summed E-state index contributed by atoms with van der Waals surface area (Å²) in [5, 5.41) is 9.82. The molecule has 3 aromatic rings. The second kappa shape index (κ2) is 9.69. The zero-order valence-corrected chi connectivity index (χ0v) is 20.4. The van der Waals surface area contributed by atoms with Crippen LogP contribution in [0.1, 0.15) is 37.9 Å². The predicted octanol–water partition coefficient (Wildman–Crippen LogP) is 2.82. The van der Waals surface area contributed by atoms with Crippen molar-refractivity contribution in [1.29, 1.82) is 0 Å². The molecule has 0 saturated heterocycles. The van der Waals surface area contributed by atoms with Crippen molar-refractivity contribution in [3.63, 3.8) is 0 Å². The van der Waals surface area contributed by atoms with Gasteiger partial charge in [-0.15, -0.1) is 0 Å². The van der Waals surface area contributed by atoms with Gasteiger partial charge in [-0.1, -0.05) is 41.7 Å². The summed E-state index contributed by atoms with van der Waals surface area (Å²) in [6.07, 6.45) is 1.73. The molecule has 34 heavy (non-hydrogen) atoms. The summed E-state index contributed by atoms with van der Waals surface area (Å²) in [7, 11) is 1.58. The highest BCUT2D eigenvalue weighted by molar-refractivity contribution is 7.07. The normalized spacial score (nSPS) is 15.6. The van der Waals surface area contributed by atoms with Gasteiger partial charge in [-0.3, -0.25) is 14.2 Å². The van der Waals surface area contributed by atoms with Gasteiger partial charge in [0.05, 0.1) is 22.9 Å². The minimum atomic E-state index is -0.674. The quantitative estimate of drug-likeness (QED) is 0.592. The minimum Gasteiger partial charge on any atom is -0.508 e. The summed E-state index contributed by atoms with van der Waals surface area (Å²) in [5.41, 5.74) is 2.22. The average molecular weight is 478 g/mol. The van der Waals surface area contributed by atoms with Gasteiger partial charge < -0.3 is 14.7 Å². The first kappa shape index (κ1) is 23.5. The van der Waals surface area contributed by atoms with Crippen LogP contribution < -0.4 is 19.6 Å². The van der Waals surface area contributed by atoms with Crippen LogP contribution in [0.3, 0.4) is 0 Å². The van der Waals surface area contributed by atoms with Crippen molar-refractivity contribution < 1.29 is 14.6 Å². The van der Waals surface area contributed by atoms with E-state index in [1.54, 1.807) is 40.9 Å². The first-order valence-electron chi connectivity index (χ1n) is 11.1. The van der Waals surface area contributed by atoms with Crippen molar-refractivity contribution in [3.8, 4) is 11.5 Å². The topological polar surface area (TPSA) is 84.1 Å². The first-order chi connectivity index (χ1) is 16.4. The summed E-state index contributed by atoms with van der Waals surface area (Å²) >= 11 is 1.26. The molecule has 7 nitrogen and oxygen atoms in total. The molecule has 176 valence electrons. The Bertz CT molecular complexity index is 1450. The van der Waals surface area contributed by atoms with Gasteiger partial charge in [0.1, 0.15) is 17.5 Å². The standard InChI is InChI=1S/C26H27N3O4S/c1-5-28(6-2)25(32)22-16(3)27-26-29(23(22)19-12-7-8-13-20(19)33-4)24(31)21(34-26)15-17-10-9-11-18(30)14-17/h7-15,23,30H,5-6H2,1-4H3/b21-15+/t23-/m1/s1. The van der Waals surface area contributed by atoms with Crippen molar-refractivity contribution in [2.45, 2.75) is 26.8 Å². The van der Waals surface area contributed by atoms with Gasteiger partial charge in [0, 0.05) is 18.7 Å². The van der Waals surface area contributed by atoms with Crippen LogP contribution in [-0.2, 0) is 4.79 Å². The highest BCUT2D eigenvalue weighted by atomic mass is 32.1. The van der Waals surface area contributed by atoms with Crippen molar-refractivity contribution >= 4 is 23.3 Å². The zero-order valence-electron chi connectivity index (χ0n) is 19.6. The largest absolute Gasteiger partial charge is 0.508 e. The minimum absolute atomic E-state index is 0.122. The SMILES string of the molecule is CCN(CC)C(=O)C1=C(C)N=c2s/c(=C/c3cccc(O)c3)c(=O)n2[C@@H]1c1ccccc1OC. The van der Waals surface area contributed by atoms with E-state index in [0.29, 0.717) is 45.0 Å². The fourth-order valence-electron chi connectivity index (χ4n) is 4.23. The summed E-state index contributed by atoms with van der Waals surface area (Å²) in [4.78, 5) is 34.3. The van der Waals surface area contributed by atoms with Crippen LogP contribution in [0.25, 0.3) is 6.08 Å². The number of carbonyl (C=O) groups is 1. The number of ether oxygens (including phenoxy) is 1. The molecular weight excluding hydrogens is 450 g/mol. The first-order valence-corrected chi connectivity index (χ1v) is 11.9. The number of nitrogens with zero attached hydrogens (tertiary/aromatic N) is 3. The summed E-state index contributed by atoms with van der Waals surface area (Å²) < 4.78 is 7.67. The number of para-hydroxylation sites is 1. The van der Waals surface area contributed by atoms with Crippen molar-refractivity contribution in [2.75, 3.05) is 20.2 Å². The zero-order chi connectivity index (χ0) is 24.4. The Morgan fingerprint density at radius 2 is 1.94 bits per heavy atom. The number of allylic oxidation sites excluding steroid dienone is 1. The molecule has 1 amide bonds. The summed E-state index contributed by atoms with van der Waals surface area (Å²) in [5.74, 6) is 0.565. The Morgan fingerprint density at radius 3 is 2.62 bits per heavy atom. The second-order valence-corrected chi connectivity index (χ2v) is 8.91. The maximum Gasteiger partial charge on any atom is 0.271 e. The number of aromatic nitrogens is 1. The maximum absolute atomic E-state index is 13.7. The van der Waals surface area contributed by atoms with Crippen LogP contribution >= 0.6 is 11.3 Å². The Kier molecular flexibility index (Phi) is 6.70. The fourth-order valence-corrected chi connectivity index (χ4v) is 5.28. The molecule has 4 rings (SSSR count). The third-order valence-electron chi connectivity index (χ3n) is 5.90. The molecule has 2 heterocycles. The number of phenolic OH excluding ortho intramolecular Hbond substituents is 1. The number of thiazole rings is 1. The second-order valence-electron chi connectivity index (χ2n) is 7.90. The molecule has 2 aromatic carbocycles. The van der Waals surface area contributed by atoms with Crippen molar-refractivity contribution in [2.24, 2.45) is 4.99 Å². The smallest absolute Gasteiger partial charge is 0.271 e. The van der Waals surface area contributed by atoms with E-state index >= 15 is 0 Å². The van der Waals surface area contributed by atoms with Crippen LogP contribution in [0.4, 0.5) is 0 Å². The van der Waals surface area contributed by atoms with E-state index in [4.69, 9.17) is 4.74 Å². The third kappa shape index (κ3) is 4.17. The van der Waals surface area contributed by atoms with Gasteiger partial charge in [-0.05, 0) is 50.6 Å². The molecule has 0 fully saturated rings. The molecule has 0 aliphatic carbocycles. The lowest BCUT2D eigenvalue weighted by atomic mass is 9.94. The number of likely N-dealkylation sites (N-methyl/N-ethyl adjacent to an activating group) is 1. The summed E-state index contributed by atoms with van der Waals surface area (Å²) in [6.45, 7) is 6.77. The Balaban J connectivity index is 2.00. The molecule has 1 N–H and O–H groups in total. The number of methoxy groups -OCH3 is 1. The number of phenols is 1. The number of amides is 1. The summed E-state index contributed by atoms with van der Waals surface area (Å²) in [6, 6.07) is 13.5. The molecule has 0 bridgehead atoms. The third-order valence-corrected chi connectivity index (χ3v) is 6.89. The average Bonchev–Trinajstić information content (AvgIpc) is 3.13. The van der Waals surface area contributed by atoms with Crippen LogP contribution in [0.5, 0.6) is 11.5 Å². The Morgan fingerprint density at radius 1 is 1.21 bits per heavy atom. The van der Waals surface area contributed by atoms with E-state index in [0.717, 1.165) is 5.56 Å². The van der Waals surface area contributed by atoms with Gasteiger partial charge in [-0.2, -0.15) is 0 Å². The fraction of sp³-hybridized carbons (Fsp3) is 0.269. The van der Waals surface area contributed by atoms with Crippen LogP contribution in [-0.4, -0.2) is 40.7 Å². The van der Waals surface area contributed by atoms with Crippen LogP contribution in [0, 0.1) is 0 Å². The molecule has 1 aliphatic rings. The van der Waals surface area contributed by atoms with E-state index in [1.165, 1.54) is 11.3 Å². The monoisotopic (exact) mass is 477 g/mol. The number of hydrogen-bond acceptors (Lipinski definition) is 6. The highest BCUT2D eigenvalue weighted by Crippen LogP contribution is 2.36. The van der Waals surface area contributed by atoms with Gasteiger partial charge in [0.2, 0.25) is 0 Å².